The van der Waals surface area contributed by atoms with Crippen molar-refractivity contribution in [3.05, 3.63) is 30.3 Å². The molecule has 94 valence electrons. The lowest BCUT2D eigenvalue weighted by atomic mass is 10.2. The monoisotopic (exact) mass is 252 g/mol. The molecule has 0 fully saturated rings. The van der Waals surface area contributed by atoms with Crippen molar-refractivity contribution in [1.29, 1.82) is 0 Å². The summed E-state index contributed by atoms with van der Waals surface area (Å²) in [5, 5.41) is 6.01. The van der Waals surface area contributed by atoms with Crippen molar-refractivity contribution in [2.45, 2.75) is 6.92 Å². The molecule has 0 saturated heterocycles. The Morgan fingerprint density at radius 1 is 1.35 bits per heavy atom. The number of nitrogens with one attached hydrogen (secondary N) is 2. The Hall–Kier alpha value is -1.16. The number of rotatable bonds is 7. The van der Waals surface area contributed by atoms with E-state index in [0.29, 0.717) is 12.5 Å². The lowest BCUT2D eigenvalue weighted by molar-refractivity contribution is -0.119. The zero-order chi connectivity index (χ0) is 12.5. The first-order valence-electron chi connectivity index (χ1n) is 5.77. The van der Waals surface area contributed by atoms with Crippen molar-refractivity contribution >= 4 is 23.4 Å². The fourth-order valence-electron chi connectivity index (χ4n) is 1.43. The fraction of sp³-hybridized carbons (Fsp3) is 0.462. The quantitative estimate of drug-likeness (QED) is 0.782. The minimum atomic E-state index is 0.0433. The second kappa shape index (κ2) is 8.01. The summed E-state index contributed by atoms with van der Waals surface area (Å²) >= 11 is 1.80. The topological polar surface area (TPSA) is 41.1 Å². The maximum atomic E-state index is 11.5. The van der Waals surface area contributed by atoms with Gasteiger partial charge in [-0.05, 0) is 30.1 Å². The third-order valence-corrected chi connectivity index (χ3v) is 3.23. The zero-order valence-electron chi connectivity index (χ0n) is 10.4. The average molecular weight is 252 g/mol. The molecule has 1 aromatic rings. The Morgan fingerprint density at radius 3 is 2.71 bits per heavy atom. The molecule has 0 aliphatic rings. The maximum Gasteiger partial charge on any atom is 0.239 e. The van der Waals surface area contributed by atoms with E-state index in [0.717, 1.165) is 18.0 Å². The number of amides is 1. The Bertz CT molecular complexity index is 329. The third kappa shape index (κ3) is 6.22. The number of thioether (sulfide) groups is 1. The van der Waals surface area contributed by atoms with Gasteiger partial charge in [-0.2, -0.15) is 11.8 Å². The lowest BCUT2D eigenvalue weighted by Gasteiger charge is -2.11. The zero-order valence-corrected chi connectivity index (χ0v) is 11.2. The first kappa shape index (κ1) is 13.9. The summed E-state index contributed by atoms with van der Waals surface area (Å²) < 4.78 is 0. The molecule has 1 aromatic carbocycles. The van der Waals surface area contributed by atoms with Gasteiger partial charge in [0.15, 0.2) is 0 Å². The summed E-state index contributed by atoms with van der Waals surface area (Å²) in [5.74, 6) is 1.64. The maximum absolute atomic E-state index is 11.5. The fourth-order valence-corrected chi connectivity index (χ4v) is 2.12. The van der Waals surface area contributed by atoms with Crippen molar-refractivity contribution in [2.24, 2.45) is 5.92 Å². The van der Waals surface area contributed by atoms with Gasteiger partial charge in [0.1, 0.15) is 0 Å². The SMILES string of the molecule is CSCC(C)CNC(=O)CNc1ccccc1. The van der Waals surface area contributed by atoms with Crippen LogP contribution in [0.25, 0.3) is 0 Å². The highest BCUT2D eigenvalue weighted by molar-refractivity contribution is 7.98. The number of carbonyl (C=O) groups excluding carboxylic acids is 1. The summed E-state index contributed by atoms with van der Waals surface area (Å²) in [7, 11) is 0. The number of hydrogen-bond acceptors (Lipinski definition) is 3. The van der Waals surface area contributed by atoms with Gasteiger partial charge in [0.05, 0.1) is 6.54 Å². The Morgan fingerprint density at radius 2 is 2.06 bits per heavy atom. The number of para-hydroxylation sites is 1. The van der Waals surface area contributed by atoms with Crippen LogP contribution in [0.4, 0.5) is 5.69 Å². The first-order chi connectivity index (χ1) is 8.22. The molecule has 1 unspecified atom stereocenters. The van der Waals surface area contributed by atoms with E-state index in [9.17, 15) is 4.79 Å². The normalized spacial score (nSPS) is 11.9. The van der Waals surface area contributed by atoms with Crippen LogP contribution >= 0.6 is 11.8 Å². The van der Waals surface area contributed by atoms with Crippen molar-refractivity contribution < 1.29 is 4.79 Å². The van der Waals surface area contributed by atoms with Gasteiger partial charge in [0.2, 0.25) is 5.91 Å². The molecule has 1 amide bonds. The molecule has 0 aliphatic carbocycles. The van der Waals surface area contributed by atoms with Gasteiger partial charge in [-0.1, -0.05) is 25.1 Å². The van der Waals surface area contributed by atoms with E-state index in [4.69, 9.17) is 0 Å². The van der Waals surface area contributed by atoms with Gasteiger partial charge in [-0.15, -0.1) is 0 Å². The molecular weight excluding hydrogens is 232 g/mol. The number of hydrogen-bond donors (Lipinski definition) is 2. The molecule has 0 spiro atoms. The largest absolute Gasteiger partial charge is 0.376 e. The molecule has 0 radical (unpaired) electrons. The van der Waals surface area contributed by atoms with E-state index < -0.39 is 0 Å². The van der Waals surface area contributed by atoms with E-state index in [-0.39, 0.29) is 5.91 Å². The molecular formula is C13H20N2OS. The molecule has 1 rings (SSSR count). The number of anilines is 1. The van der Waals surface area contributed by atoms with Crippen LogP contribution in [0.2, 0.25) is 0 Å². The minimum absolute atomic E-state index is 0.0433. The van der Waals surface area contributed by atoms with E-state index >= 15 is 0 Å². The predicted molar refractivity (Wildman–Crippen MR) is 75.5 cm³/mol. The van der Waals surface area contributed by atoms with Crippen LogP contribution in [-0.4, -0.2) is 31.0 Å². The van der Waals surface area contributed by atoms with Gasteiger partial charge in [-0.3, -0.25) is 4.79 Å². The van der Waals surface area contributed by atoms with E-state index in [1.165, 1.54) is 0 Å². The number of carbonyl (C=O) groups is 1. The third-order valence-electron chi connectivity index (χ3n) is 2.33. The highest BCUT2D eigenvalue weighted by Gasteiger charge is 2.04. The van der Waals surface area contributed by atoms with E-state index in [2.05, 4.69) is 23.8 Å². The molecule has 17 heavy (non-hydrogen) atoms. The molecule has 0 bridgehead atoms. The molecule has 0 saturated carbocycles. The van der Waals surface area contributed by atoms with Crippen LogP contribution < -0.4 is 10.6 Å². The predicted octanol–water partition coefficient (Wildman–Crippen LogP) is 2.21. The van der Waals surface area contributed by atoms with Crippen LogP contribution in [0.1, 0.15) is 6.92 Å². The van der Waals surface area contributed by atoms with E-state index in [1.807, 2.05) is 30.3 Å². The molecule has 0 heterocycles. The van der Waals surface area contributed by atoms with Gasteiger partial charge in [0.25, 0.3) is 0 Å². The highest BCUT2D eigenvalue weighted by atomic mass is 32.2. The van der Waals surface area contributed by atoms with Gasteiger partial charge in [0, 0.05) is 12.2 Å². The molecule has 0 aliphatic heterocycles. The molecule has 2 N–H and O–H groups in total. The average Bonchev–Trinajstić information content (AvgIpc) is 2.35. The first-order valence-corrected chi connectivity index (χ1v) is 7.16. The molecule has 3 nitrogen and oxygen atoms in total. The summed E-state index contributed by atoms with van der Waals surface area (Å²) in [6, 6.07) is 9.74. The summed E-state index contributed by atoms with van der Waals surface area (Å²) in [5.41, 5.74) is 0.972. The van der Waals surface area contributed by atoms with Crippen LogP contribution in [-0.2, 0) is 4.79 Å². The second-order valence-electron chi connectivity index (χ2n) is 4.08. The summed E-state index contributed by atoms with van der Waals surface area (Å²) in [6.07, 6.45) is 2.08. The minimum Gasteiger partial charge on any atom is -0.376 e. The highest BCUT2D eigenvalue weighted by Crippen LogP contribution is 2.04. The van der Waals surface area contributed by atoms with Gasteiger partial charge < -0.3 is 10.6 Å². The Kier molecular flexibility index (Phi) is 6.55. The van der Waals surface area contributed by atoms with E-state index in [1.54, 1.807) is 11.8 Å². The van der Waals surface area contributed by atoms with Crippen molar-refractivity contribution in [2.75, 3.05) is 30.4 Å². The van der Waals surface area contributed by atoms with Gasteiger partial charge in [-0.25, -0.2) is 0 Å². The van der Waals surface area contributed by atoms with Crippen LogP contribution in [0.5, 0.6) is 0 Å². The van der Waals surface area contributed by atoms with Crippen molar-refractivity contribution in [3.8, 4) is 0 Å². The number of benzene rings is 1. The van der Waals surface area contributed by atoms with Crippen LogP contribution in [0.15, 0.2) is 30.3 Å². The smallest absolute Gasteiger partial charge is 0.239 e. The molecule has 4 heteroatoms. The summed E-state index contributed by atoms with van der Waals surface area (Å²) in [6.45, 7) is 3.22. The van der Waals surface area contributed by atoms with Crippen molar-refractivity contribution in [3.63, 3.8) is 0 Å². The summed E-state index contributed by atoms with van der Waals surface area (Å²) in [4.78, 5) is 11.5. The molecule has 0 aromatic heterocycles. The Labute approximate surface area is 107 Å². The lowest BCUT2D eigenvalue weighted by Crippen LogP contribution is -2.33. The van der Waals surface area contributed by atoms with Crippen LogP contribution in [0.3, 0.4) is 0 Å². The van der Waals surface area contributed by atoms with Crippen LogP contribution in [0, 0.1) is 5.92 Å². The van der Waals surface area contributed by atoms with Gasteiger partial charge >= 0.3 is 0 Å². The standard InChI is InChI=1S/C13H20N2OS/c1-11(10-17-2)8-15-13(16)9-14-12-6-4-3-5-7-12/h3-7,11,14H,8-10H2,1-2H3,(H,15,16). The molecule has 1 atom stereocenters. The Balaban J connectivity index is 2.17. The second-order valence-corrected chi connectivity index (χ2v) is 4.99. The van der Waals surface area contributed by atoms with Crippen molar-refractivity contribution in [1.82, 2.24) is 5.32 Å².